The number of aryl methyl sites for hydroxylation is 1. The SMILES string of the molecule is COC1COC(C(=O)N[C@H](C#N)Cc2ccc(-c3ccc4c(c3)C3(CC4)CCN(C)CC3)cc2F)CNC1C. The monoisotopic (exact) mass is 534 g/mol. The van der Waals surface area contributed by atoms with Crippen LogP contribution in [0.3, 0.4) is 0 Å². The van der Waals surface area contributed by atoms with Crippen molar-refractivity contribution in [2.24, 2.45) is 0 Å². The third kappa shape index (κ3) is 5.87. The summed E-state index contributed by atoms with van der Waals surface area (Å²) in [6.07, 6.45) is 3.81. The summed E-state index contributed by atoms with van der Waals surface area (Å²) < 4.78 is 26.4. The fraction of sp³-hybridized carbons (Fsp3) is 0.548. The van der Waals surface area contributed by atoms with Gasteiger partial charge in [-0.2, -0.15) is 5.26 Å². The molecule has 1 amide bonds. The molecule has 0 saturated carbocycles. The van der Waals surface area contributed by atoms with E-state index >= 15 is 4.39 Å². The Morgan fingerprint density at radius 2 is 2.00 bits per heavy atom. The number of halogens is 1. The summed E-state index contributed by atoms with van der Waals surface area (Å²) in [4.78, 5) is 15.2. The van der Waals surface area contributed by atoms with Crippen LogP contribution in [0.5, 0.6) is 0 Å². The van der Waals surface area contributed by atoms with E-state index in [-0.39, 0.29) is 36.4 Å². The molecular weight excluding hydrogens is 495 g/mol. The smallest absolute Gasteiger partial charge is 0.251 e. The lowest BCUT2D eigenvalue weighted by Gasteiger charge is -2.39. The molecule has 8 heteroatoms. The zero-order chi connectivity index (χ0) is 27.6. The largest absolute Gasteiger partial charge is 0.377 e. The molecule has 0 radical (unpaired) electrons. The Morgan fingerprint density at radius 3 is 2.72 bits per heavy atom. The molecule has 2 saturated heterocycles. The van der Waals surface area contributed by atoms with E-state index in [0.717, 1.165) is 30.6 Å². The molecule has 208 valence electrons. The molecule has 3 aliphatic rings. The number of amides is 1. The van der Waals surface area contributed by atoms with E-state index in [4.69, 9.17) is 9.47 Å². The molecule has 1 aliphatic carbocycles. The van der Waals surface area contributed by atoms with Crippen LogP contribution in [0.1, 0.15) is 42.9 Å². The van der Waals surface area contributed by atoms with Crippen molar-refractivity contribution < 1.29 is 18.7 Å². The molecule has 2 fully saturated rings. The first-order valence-electron chi connectivity index (χ1n) is 14.0. The number of carbonyl (C=O) groups is 1. The second-order valence-corrected chi connectivity index (χ2v) is 11.4. The normalized spacial score (nSPS) is 25.5. The van der Waals surface area contributed by atoms with Crippen molar-refractivity contribution >= 4 is 5.91 Å². The number of fused-ring (bicyclic) bond motifs is 2. The number of nitrogens with zero attached hydrogens (tertiary/aromatic N) is 2. The van der Waals surface area contributed by atoms with Gasteiger partial charge >= 0.3 is 0 Å². The lowest BCUT2D eigenvalue weighted by atomic mass is 9.73. The number of hydrogen-bond acceptors (Lipinski definition) is 6. The van der Waals surface area contributed by atoms with Crippen LogP contribution in [0.4, 0.5) is 4.39 Å². The molecule has 3 unspecified atom stereocenters. The minimum Gasteiger partial charge on any atom is -0.377 e. The molecule has 4 atom stereocenters. The predicted octanol–water partition coefficient (Wildman–Crippen LogP) is 3.35. The van der Waals surface area contributed by atoms with E-state index in [1.54, 1.807) is 19.2 Å². The molecule has 2 aromatic carbocycles. The minimum absolute atomic E-state index is 0.0350. The number of nitriles is 1. The quantitative estimate of drug-likeness (QED) is 0.591. The molecule has 7 nitrogen and oxygen atoms in total. The number of rotatable bonds is 6. The molecule has 5 rings (SSSR count). The van der Waals surface area contributed by atoms with Gasteiger partial charge in [0.1, 0.15) is 18.0 Å². The van der Waals surface area contributed by atoms with Gasteiger partial charge in [0, 0.05) is 26.1 Å². The number of methoxy groups -OCH3 is 1. The zero-order valence-corrected chi connectivity index (χ0v) is 23.1. The van der Waals surface area contributed by atoms with Gasteiger partial charge in [-0.1, -0.05) is 30.3 Å². The Kier molecular flexibility index (Phi) is 8.34. The minimum atomic E-state index is -0.871. The van der Waals surface area contributed by atoms with Crippen molar-refractivity contribution in [2.45, 2.75) is 68.7 Å². The van der Waals surface area contributed by atoms with E-state index in [0.29, 0.717) is 12.1 Å². The topological polar surface area (TPSA) is 86.6 Å². The van der Waals surface area contributed by atoms with Gasteiger partial charge in [0.05, 0.1) is 18.8 Å². The molecule has 2 aliphatic heterocycles. The van der Waals surface area contributed by atoms with Gasteiger partial charge < -0.3 is 25.0 Å². The van der Waals surface area contributed by atoms with Crippen LogP contribution < -0.4 is 10.6 Å². The predicted molar refractivity (Wildman–Crippen MR) is 148 cm³/mol. The highest BCUT2D eigenvalue weighted by atomic mass is 19.1. The Morgan fingerprint density at radius 1 is 1.26 bits per heavy atom. The van der Waals surface area contributed by atoms with Crippen molar-refractivity contribution in [1.29, 1.82) is 5.26 Å². The Hall–Kier alpha value is -2.83. The van der Waals surface area contributed by atoms with Gasteiger partial charge in [-0.05, 0) is 92.0 Å². The molecule has 2 N–H and O–H groups in total. The first kappa shape index (κ1) is 27.7. The third-order valence-corrected chi connectivity index (χ3v) is 9.02. The summed E-state index contributed by atoms with van der Waals surface area (Å²) in [5, 5.41) is 15.6. The standard InChI is InChI=1S/C31H39FN4O3/c1-20-29(38-3)19-39-28(18-34-20)30(37)35-25(17-33)14-24-7-6-23(16-27(24)32)22-5-4-21-8-9-31(26(21)15-22)10-12-36(2)13-11-31/h4-7,15-16,20,25,28-29,34H,8-14,18-19H2,1-3H3,(H,35,37)/t20?,25-,28?,29?/m0/s1. The summed E-state index contributed by atoms with van der Waals surface area (Å²) in [7, 11) is 3.79. The van der Waals surface area contributed by atoms with Gasteiger partial charge in [0.25, 0.3) is 5.91 Å². The maximum Gasteiger partial charge on any atom is 0.251 e. The van der Waals surface area contributed by atoms with Crippen molar-refractivity contribution in [1.82, 2.24) is 15.5 Å². The van der Waals surface area contributed by atoms with Crippen molar-refractivity contribution in [3.05, 3.63) is 58.9 Å². The van der Waals surface area contributed by atoms with E-state index in [2.05, 4.69) is 46.8 Å². The van der Waals surface area contributed by atoms with Crippen LogP contribution >= 0.6 is 0 Å². The summed E-state index contributed by atoms with van der Waals surface area (Å²) in [5.41, 5.74) is 5.34. The van der Waals surface area contributed by atoms with Crippen LogP contribution in [0.2, 0.25) is 0 Å². The fourth-order valence-electron chi connectivity index (χ4n) is 6.33. The molecule has 39 heavy (non-hydrogen) atoms. The van der Waals surface area contributed by atoms with Crippen LogP contribution in [0, 0.1) is 17.1 Å². The fourth-order valence-corrected chi connectivity index (χ4v) is 6.33. The molecule has 1 spiro atoms. The number of nitrogens with one attached hydrogen (secondary N) is 2. The van der Waals surface area contributed by atoms with Crippen LogP contribution in [0.15, 0.2) is 36.4 Å². The number of carbonyl (C=O) groups excluding carboxylic acids is 1. The van der Waals surface area contributed by atoms with E-state index < -0.39 is 18.1 Å². The van der Waals surface area contributed by atoms with Crippen molar-refractivity contribution in [2.75, 3.05) is 40.4 Å². The maximum absolute atomic E-state index is 15.3. The third-order valence-electron chi connectivity index (χ3n) is 9.02. The average Bonchev–Trinajstić information content (AvgIpc) is 3.17. The summed E-state index contributed by atoms with van der Waals surface area (Å²) in [6, 6.07) is 13.0. The Bertz CT molecular complexity index is 1240. The zero-order valence-electron chi connectivity index (χ0n) is 23.1. The number of likely N-dealkylation sites (tertiary alicyclic amines) is 1. The Balaban J connectivity index is 1.26. The van der Waals surface area contributed by atoms with E-state index in [1.807, 2.05) is 13.0 Å². The highest BCUT2D eigenvalue weighted by molar-refractivity contribution is 5.81. The van der Waals surface area contributed by atoms with Gasteiger partial charge in [-0.3, -0.25) is 4.79 Å². The molecule has 2 aromatic rings. The van der Waals surface area contributed by atoms with Gasteiger partial charge in [-0.25, -0.2) is 4.39 Å². The first-order valence-corrected chi connectivity index (χ1v) is 14.0. The molecular formula is C31H39FN4O3. The summed E-state index contributed by atoms with van der Waals surface area (Å²) in [6.45, 7) is 4.78. The van der Waals surface area contributed by atoms with Gasteiger partial charge in [-0.15, -0.1) is 0 Å². The lowest BCUT2D eigenvalue weighted by molar-refractivity contribution is -0.133. The number of ether oxygens (including phenoxy) is 2. The summed E-state index contributed by atoms with van der Waals surface area (Å²) in [5.74, 6) is -0.767. The van der Waals surface area contributed by atoms with Crippen LogP contribution in [-0.2, 0) is 32.5 Å². The molecule has 0 bridgehead atoms. The van der Waals surface area contributed by atoms with Crippen molar-refractivity contribution in [3.63, 3.8) is 0 Å². The van der Waals surface area contributed by atoms with Gasteiger partial charge in [0.15, 0.2) is 0 Å². The van der Waals surface area contributed by atoms with Crippen molar-refractivity contribution in [3.8, 4) is 17.2 Å². The maximum atomic E-state index is 15.3. The van der Waals surface area contributed by atoms with Gasteiger partial charge in [0.2, 0.25) is 0 Å². The molecule has 2 heterocycles. The highest BCUT2D eigenvalue weighted by Crippen LogP contribution is 2.47. The molecule has 0 aromatic heterocycles. The van der Waals surface area contributed by atoms with E-state index in [1.165, 1.54) is 30.4 Å². The second-order valence-electron chi connectivity index (χ2n) is 11.4. The first-order chi connectivity index (χ1) is 18.8. The average molecular weight is 535 g/mol. The summed E-state index contributed by atoms with van der Waals surface area (Å²) >= 11 is 0. The number of hydrogen-bond donors (Lipinski definition) is 2. The second kappa shape index (κ2) is 11.7. The Labute approximate surface area is 230 Å². The number of piperidine rings is 1. The van der Waals surface area contributed by atoms with Crippen LogP contribution in [-0.4, -0.2) is 75.5 Å². The number of benzene rings is 2. The lowest BCUT2D eigenvalue weighted by Crippen LogP contribution is -2.46. The highest BCUT2D eigenvalue weighted by Gasteiger charge is 2.40. The van der Waals surface area contributed by atoms with E-state index in [9.17, 15) is 10.1 Å². The van der Waals surface area contributed by atoms with Crippen LogP contribution in [0.25, 0.3) is 11.1 Å².